The number of unbranched alkanes of at least 4 members (excludes halogenated alkanes) is 1. The van der Waals surface area contributed by atoms with Crippen LogP contribution in [0.15, 0.2) is 87.1 Å². The van der Waals surface area contributed by atoms with Crippen molar-refractivity contribution in [1.82, 2.24) is 19.1 Å². The van der Waals surface area contributed by atoms with Gasteiger partial charge in [-0.15, -0.1) is 5.10 Å². The lowest BCUT2D eigenvalue weighted by atomic mass is 10.0. The number of aryl methyl sites for hydroxylation is 2. The van der Waals surface area contributed by atoms with Crippen LogP contribution < -0.4 is 10.4 Å². The maximum absolute atomic E-state index is 14.2. The Bertz CT molecular complexity index is 2070. The summed E-state index contributed by atoms with van der Waals surface area (Å²) in [6.07, 6.45) is 3.09. The Balaban J connectivity index is 1.61. The van der Waals surface area contributed by atoms with Gasteiger partial charge in [-0.25, -0.2) is 31.1 Å². The lowest BCUT2D eigenvalue weighted by Gasteiger charge is -2.14. The number of sulfonamides is 1. The molecule has 0 radical (unpaired) electrons. The second kappa shape index (κ2) is 14.2. The van der Waals surface area contributed by atoms with Gasteiger partial charge < -0.3 is 4.42 Å². The number of carbonyl (C=O) groups is 1. The summed E-state index contributed by atoms with van der Waals surface area (Å²) in [5.41, 5.74) is 0.743. The van der Waals surface area contributed by atoms with Crippen LogP contribution in [0.2, 0.25) is 0 Å². The van der Waals surface area contributed by atoms with E-state index in [0.717, 1.165) is 11.1 Å². The predicted octanol–water partition coefficient (Wildman–Crippen LogP) is 6.52. The van der Waals surface area contributed by atoms with Crippen LogP contribution in [-0.4, -0.2) is 28.7 Å². The molecule has 1 amide bonds. The van der Waals surface area contributed by atoms with Crippen LogP contribution in [0.5, 0.6) is 0 Å². The lowest BCUT2D eigenvalue weighted by Crippen LogP contribution is -2.31. The van der Waals surface area contributed by atoms with Crippen molar-refractivity contribution < 1.29 is 30.8 Å². The maximum atomic E-state index is 14.2. The predicted molar refractivity (Wildman–Crippen MR) is 170 cm³/mol. The summed E-state index contributed by atoms with van der Waals surface area (Å²) in [4.78, 5) is 26.5. The van der Waals surface area contributed by atoms with Crippen molar-refractivity contribution >= 4 is 15.9 Å². The molecule has 0 bridgehead atoms. The number of hydrogen-bond donors (Lipinski definition) is 1. The molecule has 0 fully saturated rings. The quantitative estimate of drug-likeness (QED) is 0.153. The van der Waals surface area contributed by atoms with Crippen molar-refractivity contribution in [3.63, 3.8) is 0 Å². The Morgan fingerprint density at radius 3 is 2.34 bits per heavy atom. The number of hydrogen-bond acceptors (Lipinski definition) is 6. The molecule has 246 valence electrons. The summed E-state index contributed by atoms with van der Waals surface area (Å²) >= 11 is 0. The Morgan fingerprint density at radius 2 is 1.70 bits per heavy atom. The standard InChI is InChI=1S/C34H33F3N4O5S/c1-3-4-10-31-38-41(29-14-12-25(18-35)27(19-36)28(29)20-37)34(43)40(31)21-23-11-13-26(24-8-6-5-7-9-24)30(17-23)47(44,45)39-33(42)32-22(2)15-16-46-32/h5-9,11-17H,3-4,10,18-21H2,1-2H3,(H,39,42). The fraction of sp³-hybridized carbons (Fsp3) is 0.265. The Morgan fingerprint density at radius 1 is 0.957 bits per heavy atom. The number of nitrogens with zero attached hydrogens (tertiary/aromatic N) is 3. The Hall–Kier alpha value is -4.91. The second-order valence-electron chi connectivity index (χ2n) is 11.0. The molecular formula is C34H33F3N4O5S. The third kappa shape index (κ3) is 6.80. The van der Waals surface area contributed by atoms with Crippen LogP contribution in [0, 0.1) is 6.92 Å². The van der Waals surface area contributed by atoms with Gasteiger partial charge >= 0.3 is 11.6 Å². The number of amides is 1. The zero-order valence-corrected chi connectivity index (χ0v) is 26.6. The molecule has 13 heteroatoms. The number of nitrogens with one attached hydrogen (secondary N) is 1. The molecule has 0 aliphatic carbocycles. The highest BCUT2D eigenvalue weighted by atomic mass is 32.2. The average molecular weight is 667 g/mol. The van der Waals surface area contributed by atoms with Crippen LogP contribution >= 0.6 is 0 Å². The molecule has 5 rings (SSSR count). The number of benzene rings is 3. The van der Waals surface area contributed by atoms with E-state index in [9.17, 15) is 31.2 Å². The SMILES string of the molecule is CCCCc1nn(-c2ccc(CF)c(CF)c2CF)c(=O)n1Cc1ccc(-c2ccccc2)c(S(=O)(=O)NC(=O)c2occc2C)c1. The van der Waals surface area contributed by atoms with E-state index in [2.05, 4.69) is 9.82 Å². The first-order valence-electron chi connectivity index (χ1n) is 14.9. The minimum Gasteiger partial charge on any atom is -0.459 e. The van der Waals surface area contributed by atoms with E-state index in [1.54, 1.807) is 49.4 Å². The molecule has 2 aromatic heterocycles. The fourth-order valence-electron chi connectivity index (χ4n) is 5.40. The summed E-state index contributed by atoms with van der Waals surface area (Å²) in [6.45, 7) is 0.192. The normalized spacial score (nSPS) is 11.6. The largest absolute Gasteiger partial charge is 0.459 e. The van der Waals surface area contributed by atoms with Crippen LogP contribution in [0.1, 0.15) is 64.0 Å². The van der Waals surface area contributed by atoms with Crippen molar-refractivity contribution in [2.45, 2.75) is 64.6 Å². The summed E-state index contributed by atoms with van der Waals surface area (Å²) in [7, 11) is -4.47. The van der Waals surface area contributed by atoms with Crippen LogP contribution in [0.25, 0.3) is 16.8 Å². The van der Waals surface area contributed by atoms with Crippen LogP contribution in [0.4, 0.5) is 13.2 Å². The summed E-state index contributed by atoms with van der Waals surface area (Å²) in [5.74, 6) is -0.740. The topological polar surface area (TPSA) is 116 Å². The van der Waals surface area contributed by atoms with E-state index in [4.69, 9.17) is 4.42 Å². The van der Waals surface area contributed by atoms with Crippen molar-refractivity contribution in [3.8, 4) is 16.8 Å². The van der Waals surface area contributed by atoms with Gasteiger partial charge in [-0.3, -0.25) is 9.36 Å². The molecule has 0 spiro atoms. The highest BCUT2D eigenvalue weighted by Gasteiger charge is 2.26. The number of carbonyl (C=O) groups excluding carboxylic acids is 1. The summed E-state index contributed by atoms with van der Waals surface area (Å²) in [5, 5.41) is 4.46. The smallest absolute Gasteiger partial charge is 0.351 e. The van der Waals surface area contributed by atoms with E-state index in [1.807, 2.05) is 6.92 Å². The van der Waals surface area contributed by atoms with E-state index in [-0.39, 0.29) is 39.6 Å². The van der Waals surface area contributed by atoms with Crippen molar-refractivity contribution in [2.75, 3.05) is 0 Å². The molecule has 0 saturated carbocycles. The van der Waals surface area contributed by atoms with Gasteiger partial charge in [0.25, 0.3) is 10.0 Å². The molecular weight excluding hydrogens is 633 g/mol. The number of aromatic nitrogens is 3. The molecule has 1 N–H and O–H groups in total. The number of furan rings is 1. The molecule has 0 aliphatic heterocycles. The highest BCUT2D eigenvalue weighted by Crippen LogP contribution is 2.30. The van der Waals surface area contributed by atoms with Gasteiger partial charge in [-0.1, -0.05) is 61.9 Å². The molecule has 0 unspecified atom stereocenters. The number of halogens is 3. The van der Waals surface area contributed by atoms with Gasteiger partial charge in [0.05, 0.1) is 23.4 Å². The van der Waals surface area contributed by atoms with Crippen LogP contribution in [0.3, 0.4) is 0 Å². The van der Waals surface area contributed by atoms with Crippen LogP contribution in [-0.2, 0) is 43.0 Å². The molecule has 0 saturated heterocycles. The van der Waals surface area contributed by atoms with Gasteiger partial charge in [0.15, 0.2) is 5.76 Å². The number of alkyl halides is 3. The Labute approximate surface area is 269 Å². The zero-order chi connectivity index (χ0) is 33.7. The van der Waals surface area contributed by atoms with E-state index in [0.29, 0.717) is 40.9 Å². The monoisotopic (exact) mass is 666 g/mol. The third-order valence-corrected chi connectivity index (χ3v) is 9.26. The number of rotatable bonds is 13. The van der Waals surface area contributed by atoms with E-state index < -0.39 is 41.6 Å². The molecule has 0 atom stereocenters. The van der Waals surface area contributed by atoms with E-state index >= 15 is 0 Å². The van der Waals surface area contributed by atoms with Gasteiger partial charge in [0.2, 0.25) is 0 Å². The maximum Gasteiger partial charge on any atom is 0.351 e. The first-order valence-corrected chi connectivity index (χ1v) is 16.4. The Kier molecular flexibility index (Phi) is 10.1. The first-order chi connectivity index (χ1) is 22.6. The van der Waals surface area contributed by atoms with Gasteiger partial charge in [0, 0.05) is 23.1 Å². The van der Waals surface area contributed by atoms with Gasteiger partial charge in [0.1, 0.15) is 25.8 Å². The second-order valence-corrected chi connectivity index (χ2v) is 12.6. The molecule has 9 nitrogen and oxygen atoms in total. The highest BCUT2D eigenvalue weighted by molar-refractivity contribution is 7.90. The molecule has 47 heavy (non-hydrogen) atoms. The fourth-order valence-corrected chi connectivity index (χ4v) is 6.62. The van der Waals surface area contributed by atoms with Gasteiger partial charge in [-0.05, 0) is 53.8 Å². The van der Waals surface area contributed by atoms with Gasteiger partial charge in [-0.2, -0.15) is 4.68 Å². The van der Waals surface area contributed by atoms with E-state index in [1.165, 1.54) is 35.1 Å². The molecule has 0 aliphatic rings. The van der Waals surface area contributed by atoms with Crippen molar-refractivity contribution in [2.24, 2.45) is 0 Å². The molecule has 2 heterocycles. The third-order valence-electron chi connectivity index (χ3n) is 7.89. The summed E-state index contributed by atoms with van der Waals surface area (Å²) < 4.78 is 78.7. The first kappa shape index (κ1) is 33.5. The van der Waals surface area contributed by atoms with Crippen molar-refractivity contribution in [1.29, 1.82) is 0 Å². The minimum absolute atomic E-state index is 0.00234. The summed E-state index contributed by atoms with van der Waals surface area (Å²) in [6, 6.07) is 17.6. The molecule has 3 aromatic carbocycles. The lowest BCUT2D eigenvalue weighted by molar-refractivity contribution is 0.0953. The average Bonchev–Trinajstić information content (AvgIpc) is 3.65. The minimum atomic E-state index is -4.47. The molecule has 5 aromatic rings. The zero-order valence-electron chi connectivity index (χ0n) is 25.8. The van der Waals surface area contributed by atoms with Crippen molar-refractivity contribution in [3.05, 3.63) is 123 Å².